The van der Waals surface area contributed by atoms with E-state index in [4.69, 9.17) is 0 Å². The van der Waals surface area contributed by atoms with E-state index in [1.54, 1.807) is 0 Å². The lowest BCUT2D eigenvalue weighted by Crippen LogP contribution is -2.41. The highest BCUT2D eigenvalue weighted by Crippen LogP contribution is 2.36. The van der Waals surface area contributed by atoms with E-state index in [0.29, 0.717) is 5.92 Å². The molecule has 3 heteroatoms. The second kappa shape index (κ2) is 4.97. The largest absolute Gasteiger partial charge is 0.356 e. The summed E-state index contributed by atoms with van der Waals surface area (Å²) in [6.07, 6.45) is 4.91. The van der Waals surface area contributed by atoms with Crippen molar-refractivity contribution in [1.29, 1.82) is 0 Å². The monoisotopic (exact) mass is 210 g/mol. The summed E-state index contributed by atoms with van der Waals surface area (Å²) in [5.74, 6) is 2.03. The number of carbonyl (C=O) groups is 1. The van der Waals surface area contributed by atoms with Gasteiger partial charge in [-0.2, -0.15) is 0 Å². The summed E-state index contributed by atoms with van der Waals surface area (Å²) in [6, 6.07) is 0. The number of amides is 1. The van der Waals surface area contributed by atoms with Gasteiger partial charge in [0.25, 0.3) is 0 Å². The van der Waals surface area contributed by atoms with Crippen LogP contribution >= 0.6 is 0 Å². The molecular formula is C12H22N2O. The molecule has 1 aliphatic carbocycles. The normalized spacial score (nSPS) is 28.5. The van der Waals surface area contributed by atoms with Crippen molar-refractivity contribution in [3.63, 3.8) is 0 Å². The predicted molar refractivity (Wildman–Crippen MR) is 60.5 cm³/mol. The Kier molecular flexibility index (Phi) is 3.62. The van der Waals surface area contributed by atoms with Crippen LogP contribution in [0.25, 0.3) is 0 Å². The first-order valence-corrected chi connectivity index (χ1v) is 6.26. The second-order valence-corrected chi connectivity index (χ2v) is 5.10. The quantitative estimate of drug-likeness (QED) is 0.731. The topological polar surface area (TPSA) is 41.1 Å². The van der Waals surface area contributed by atoms with E-state index in [9.17, 15) is 4.79 Å². The van der Waals surface area contributed by atoms with Crippen molar-refractivity contribution in [2.75, 3.05) is 19.6 Å². The van der Waals surface area contributed by atoms with E-state index in [2.05, 4.69) is 17.6 Å². The number of hydrogen-bond acceptors (Lipinski definition) is 2. The second-order valence-electron chi connectivity index (χ2n) is 5.10. The summed E-state index contributed by atoms with van der Waals surface area (Å²) < 4.78 is 0. The third kappa shape index (κ3) is 3.20. The van der Waals surface area contributed by atoms with Crippen molar-refractivity contribution in [1.82, 2.24) is 10.6 Å². The van der Waals surface area contributed by atoms with Crippen molar-refractivity contribution in [3.8, 4) is 0 Å². The minimum absolute atomic E-state index is 0.213. The van der Waals surface area contributed by atoms with Gasteiger partial charge in [-0.25, -0.2) is 0 Å². The molecule has 1 amide bonds. The zero-order valence-corrected chi connectivity index (χ0v) is 9.59. The number of piperidine rings is 1. The average molecular weight is 210 g/mol. The van der Waals surface area contributed by atoms with Gasteiger partial charge in [0.05, 0.1) is 5.92 Å². The number of nitrogens with one attached hydrogen (secondary N) is 2. The van der Waals surface area contributed by atoms with E-state index in [0.717, 1.165) is 38.4 Å². The molecule has 15 heavy (non-hydrogen) atoms. The minimum Gasteiger partial charge on any atom is -0.356 e. The van der Waals surface area contributed by atoms with Crippen LogP contribution in [0.2, 0.25) is 0 Å². The molecule has 0 radical (unpaired) electrons. The molecule has 1 saturated heterocycles. The van der Waals surface area contributed by atoms with Crippen LogP contribution in [0.4, 0.5) is 0 Å². The molecule has 0 bridgehead atoms. The van der Waals surface area contributed by atoms with Crippen molar-refractivity contribution in [3.05, 3.63) is 0 Å². The Hall–Kier alpha value is -0.570. The Bertz CT molecular complexity index is 220. The van der Waals surface area contributed by atoms with E-state index >= 15 is 0 Å². The Morgan fingerprint density at radius 3 is 2.87 bits per heavy atom. The lowest BCUT2D eigenvalue weighted by Gasteiger charge is -2.22. The molecule has 0 aromatic carbocycles. The van der Waals surface area contributed by atoms with Gasteiger partial charge in [-0.3, -0.25) is 4.79 Å². The molecule has 1 saturated carbocycles. The van der Waals surface area contributed by atoms with Gasteiger partial charge in [0.1, 0.15) is 0 Å². The Morgan fingerprint density at radius 1 is 1.47 bits per heavy atom. The Labute approximate surface area is 92.0 Å². The smallest absolute Gasteiger partial charge is 0.224 e. The molecule has 2 rings (SSSR count). The fraction of sp³-hybridized carbons (Fsp3) is 0.917. The summed E-state index contributed by atoms with van der Waals surface area (Å²) in [7, 11) is 0. The fourth-order valence-electron chi connectivity index (χ4n) is 2.31. The zero-order chi connectivity index (χ0) is 10.7. The summed E-state index contributed by atoms with van der Waals surface area (Å²) in [5, 5.41) is 6.37. The summed E-state index contributed by atoms with van der Waals surface area (Å²) in [4.78, 5) is 11.8. The number of carbonyl (C=O) groups excluding carboxylic acids is 1. The van der Waals surface area contributed by atoms with Crippen LogP contribution in [-0.4, -0.2) is 25.5 Å². The molecule has 1 aliphatic heterocycles. The molecule has 2 fully saturated rings. The first-order chi connectivity index (χ1) is 7.27. The van der Waals surface area contributed by atoms with Gasteiger partial charge in [-0.05, 0) is 44.1 Å². The first-order valence-electron chi connectivity index (χ1n) is 6.26. The molecule has 2 aliphatic rings. The predicted octanol–water partition coefficient (Wildman–Crippen LogP) is 1.15. The summed E-state index contributed by atoms with van der Waals surface area (Å²) in [5.41, 5.74) is 0. The third-order valence-corrected chi connectivity index (χ3v) is 3.69. The maximum atomic E-state index is 11.8. The van der Waals surface area contributed by atoms with Crippen LogP contribution in [0.3, 0.4) is 0 Å². The highest BCUT2D eigenvalue weighted by molar-refractivity contribution is 5.78. The van der Waals surface area contributed by atoms with Gasteiger partial charge < -0.3 is 10.6 Å². The van der Waals surface area contributed by atoms with Crippen molar-refractivity contribution in [2.45, 2.75) is 32.6 Å². The average Bonchev–Trinajstić information content (AvgIpc) is 3.10. The van der Waals surface area contributed by atoms with E-state index in [1.807, 2.05) is 0 Å². The van der Waals surface area contributed by atoms with Crippen LogP contribution in [0, 0.1) is 17.8 Å². The van der Waals surface area contributed by atoms with Crippen molar-refractivity contribution >= 4 is 5.91 Å². The summed E-state index contributed by atoms with van der Waals surface area (Å²) >= 11 is 0. The van der Waals surface area contributed by atoms with Gasteiger partial charge in [0.2, 0.25) is 5.91 Å². The fourth-order valence-corrected chi connectivity index (χ4v) is 2.31. The molecule has 0 aromatic heterocycles. The lowest BCUT2D eigenvalue weighted by atomic mass is 9.98. The molecule has 1 heterocycles. The molecule has 86 valence electrons. The van der Waals surface area contributed by atoms with E-state index in [1.165, 1.54) is 12.8 Å². The van der Waals surface area contributed by atoms with Gasteiger partial charge >= 0.3 is 0 Å². The van der Waals surface area contributed by atoms with Crippen LogP contribution in [0.5, 0.6) is 0 Å². The first kappa shape index (κ1) is 10.9. The molecule has 2 atom stereocenters. The van der Waals surface area contributed by atoms with E-state index < -0.39 is 0 Å². The SMILES string of the molecule is CC(CNC(=O)[C@@H]1CCCNC1)C1CC1. The van der Waals surface area contributed by atoms with E-state index in [-0.39, 0.29) is 11.8 Å². The highest BCUT2D eigenvalue weighted by atomic mass is 16.1. The Morgan fingerprint density at radius 2 is 2.27 bits per heavy atom. The molecule has 3 nitrogen and oxygen atoms in total. The molecule has 0 spiro atoms. The van der Waals surface area contributed by atoms with Gasteiger partial charge in [-0.1, -0.05) is 6.92 Å². The highest BCUT2D eigenvalue weighted by Gasteiger charge is 2.28. The van der Waals surface area contributed by atoms with Crippen LogP contribution in [0.15, 0.2) is 0 Å². The van der Waals surface area contributed by atoms with Crippen LogP contribution < -0.4 is 10.6 Å². The molecule has 0 aromatic rings. The maximum Gasteiger partial charge on any atom is 0.224 e. The molecular weight excluding hydrogens is 188 g/mol. The van der Waals surface area contributed by atoms with Crippen molar-refractivity contribution < 1.29 is 4.79 Å². The molecule has 1 unspecified atom stereocenters. The zero-order valence-electron chi connectivity index (χ0n) is 9.59. The standard InChI is InChI=1S/C12H22N2O/c1-9(10-4-5-10)7-14-12(15)11-3-2-6-13-8-11/h9-11,13H,2-8H2,1H3,(H,14,15)/t9?,11-/m1/s1. The van der Waals surface area contributed by atoms with Crippen molar-refractivity contribution in [2.24, 2.45) is 17.8 Å². The summed E-state index contributed by atoms with van der Waals surface area (Å²) in [6.45, 7) is 5.06. The minimum atomic E-state index is 0.213. The lowest BCUT2D eigenvalue weighted by molar-refractivity contribution is -0.125. The van der Waals surface area contributed by atoms with Gasteiger partial charge in [0, 0.05) is 13.1 Å². The molecule has 2 N–H and O–H groups in total. The van der Waals surface area contributed by atoms with Gasteiger partial charge in [-0.15, -0.1) is 0 Å². The number of rotatable bonds is 4. The third-order valence-electron chi connectivity index (χ3n) is 3.69. The number of hydrogen-bond donors (Lipinski definition) is 2. The maximum absolute atomic E-state index is 11.8. The van der Waals surface area contributed by atoms with Crippen LogP contribution in [0.1, 0.15) is 32.6 Å². The van der Waals surface area contributed by atoms with Gasteiger partial charge in [0.15, 0.2) is 0 Å². The van der Waals surface area contributed by atoms with Crippen LogP contribution in [-0.2, 0) is 4.79 Å². The Balaban J connectivity index is 1.66.